The molecule has 1 atom stereocenters. The number of rotatable bonds is 3. The normalized spacial score (nSPS) is 15.7. The van der Waals surface area contributed by atoms with Crippen LogP contribution in [0.2, 0.25) is 0 Å². The zero-order chi connectivity index (χ0) is 23.1. The molecule has 8 heteroatoms. The van der Waals surface area contributed by atoms with Crippen LogP contribution in [0.25, 0.3) is 22.0 Å². The van der Waals surface area contributed by atoms with Crippen LogP contribution in [0.15, 0.2) is 66.7 Å². The van der Waals surface area contributed by atoms with Gasteiger partial charge in [0.25, 0.3) is 11.8 Å². The second-order valence-corrected chi connectivity index (χ2v) is 7.78. The molecule has 1 aliphatic heterocycles. The van der Waals surface area contributed by atoms with E-state index in [-0.39, 0.29) is 18.2 Å². The third kappa shape index (κ3) is 3.69. The van der Waals surface area contributed by atoms with Gasteiger partial charge in [-0.25, -0.2) is 8.78 Å². The van der Waals surface area contributed by atoms with Crippen LogP contribution in [0, 0.1) is 11.6 Å². The first-order valence-corrected chi connectivity index (χ1v) is 10.3. The number of hydrogen-bond donors (Lipinski definition) is 2. The Balaban J connectivity index is 1.42. The molecule has 166 valence electrons. The number of nitrogens with zero attached hydrogens (tertiary/aromatic N) is 1. The van der Waals surface area contributed by atoms with Crippen molar-refractivity contribution in [2.45, 2.75) is 6.04 Å². The van der Waals surface area contributed by atoms with E-state index in [1.807, 2.05) is 6.07 Å². The van der Waals surface area contributed by atoms with Crippen molar-refractivity contribution in [3.8, 4) is 16.9 Å². The number of H-pyrrole nitrogens is 1. The van der Waals surface area contributed by atoms with Crippen LogP contribution in [0.1, 0.15) is 10.5 Å². The van der Waals surface area contributed by atoms with Crippen molar-refractivity contribution in [2.75, 3.05) is 18.6 Å². The van der Waals surface area contributed by atoms with E-state index in [2.05, 4.69) is 10.3 Å². The van der Waals surface area contributed by atoms with Crippen molar-refractivity contribution in [1.29, 1.82) is 0 Å². The van der Waals surface area contributed by atoms with Crippen LogP contribution < -0.4 is 15.0 Å². The van der Waals surface area contributed by atoms with Gasteiger partial charge < -0.3 is 19.9 Å². The zero-order valence-corrected chi connectivity index (χ0v) is 17.6. The molecular formula is C25H19F2N3O3. The van der Waals surface area contributed by atoms with E-state index in [9.17, 15) is 18.4 Å². The third-order valence-corrected chi connectivity index (χ3v) is 5.70. The number of aromatic nitrogens is 1. The fourth-order valence-electron chi connectivity index (χ4n) is 3.98. The maximum atomic E-state index is 13.8. The lowest BCUT2D eigenvalue weighted by Gasteiger charge is -2.20. The van der Waals surface area contributed by atoms with Gasteiger partial charge in [-0.1, -0.05) is 36.4 Å². The van der Waals surface area contributed by atoms with Gasteiger partial charge >= 0.3 is 0 Å². The lowest BCUT2D eigenvalue weighted by atomic mass is 10.0. The van der Waals surface area contributed by atoms with Gasteiger partial charge in [0.1, 0.15) is 24.1 Å². The Morgan fingerprint density at radius 1 is 1.06 bits per heavy atom. The van der Waals surface area contributed by atoms with Crippen molar-refractivity contribution in [3.05, 3.63) is 84.1 Å². The Labute approximate surface area is 187 Å². The molecule has 0 aliphatic carbocycles. The summed E-state index contributed by atoms with van der Waals surface area (Å²) in [6.45, 7) is -0.00768. The van der Waals surface area contributed by atoms with Crippen LogP contribution in [0.4, 0.5) is 14.5 Å². The first-order valence-electron chi connectivity index (χ1n) is 10.3. The fourth-order valence-corrected chi connectivity index (χ4v) is 3.98. The average Bonchev–Trinajstić information content (AvgIpc) is 3.23. The second kappa shape index (κ2) is 8.05. The Bertz CT molecular complexity index is 1400. The number of anilines is 1. The van der Waals surface area contributed by atoms with E-state index >= 15 is 0 Å². The van der Waals surface area contributed by atoms with Crippen molar-refractivity contribution in [1.82, 2.24) is 10.3 Å². The largest absolute Gasteiger partial charge is 0.489 e. The molecule has 1 aliphatic rings. The number of halogens is 2. The predicted octanol–water partition coefficient (Wildman–Crippen LogP) is 4.27. The summed E-state index contributed by atoms with van der Waals surface area (Å²) in [6, 6.07) is 16.9. The minimum absolute atomic E-state index is 0.00768. The number of carbonyl (C=O) groups is 2. The quantitative estimate of drug-likeness (QED) is 0.493. The summed E-state index contributed by atoms with van der Waals surface area (Å²) in [5.74, 6) is -2.10. The maximum absolute atomic E-state index is 13.8. The predicted molar refractivity (Wildman–Crippen MR) is 120 cm³/mol. The summed E-state index contributed by atoms with van der Waals surface area (Å²) in [5.41, 5.74) is 2.55. The fraction of sp³-hybridized carbons (Fsp3) is 0.120. The minimum Gasteiger partial charge on any atom is -0.489 e. The molecule has 0 unspecified atom stereocenters. The van der Waals surface area contributed by atoms with Crippen LogP contribution in [0.5, 0.6) is 5.75 Å². The van der Waals surface area contributed by atoms with Gasteiger partial charge in [-0.2, -0.15) is 0 Å². The summed E-state index contributed by atoms with van der Waals surface area (Å²) in [7, 11) is 1.63. The van der Waals surface area contributed by atoms with Gasteiger partial charge in [0.15, 0.2) is 11.6 Å². The van der Waals surface area contributed by atoms with Crippen LogP contribution in [0.3, 0.4) is 0 Å². The van der Waals surface area contributed by atoms with Gasteiger partial charge in [0, 0.05) is 18.0 Å². The molecule has 0 spiro atoms. The summed E-state index contributed by atoms with van der Waals surface area (Å²) < 4.78 is 32.9. The smallest absolute Gasteiger partial charge is 0.268 e. The molecule has 0 fully saturated rings. The van der Waals surface area contributed by atoms with E-state index in [1.165, 1.54) is 11.0 Å². The van der Waals surface area contributed by atoms with Gasteiger partial charge in [-0.15, -0.1) is 0 Å². The van der Waals surface area contributed by atoms with Crippen molar-refractivity contribution >= 4 is 28.4 Å². The van der Waals surface area contributed by atoms with Crippen LogP contribution in [-0.4, -0.2) is 36.5 Å². The second-order valence-electron chi connectivity index (χ2n) is 7.78. The van der Waals surface area contributed by atoms with E-state index in [4.69, 9.17) is 4.74 Å². The van der Waals surface area contributed by atoms with E-state index in [1.54, 1.807) is 49.5 Å². The molecule has 2 N–H and O–H groups in total. The highest BCUT2D eigenvalue weighted by atomic mass is 19.2. The molecule has 0 saturated heterocycles. The monoisotopic (exact) mass is 447 g/mol. The first kappa shape index (κ1) is 20.7. The number of amides is 2. The molecule has 1 aromatic heterocycles. The number of carbonyl (C=O) groups excluding carboxylic acids is 2. The highest BCUT2D eigenvalue weighted by molar-refractivity contribution is 6.05. The van der Waals surface area contributed by atoms with Crippen LogP contribution >= 0.6 is 0 Å². The molecule has 6 nitrogen and oxygen atoms in total. The van der Waals surface area contributed by atoms with Crippen molar-refractivity contribution in [2.24, 2.45) is 0 Å². The molecule has 0 bridgehead atoms. The first-order chi connectivity index (χ1) is 15.9. The molecule has 33 heavy (non-hydrogen) atoms. The molecule has 4 aromatic rings. The van der Waals surface area contributed by atoms with Gasteiger partial charge in [0.2, 0.25) is 0 Å². The number of para-hydroxylation sites is 3. The number of aromatic amines is 1. The zero-order valence-electron chi connectivity index (χ0n) is 17.6. The maximum Gasteiger partial charge on any atom is 0.268 e. The molecule has 0 saturated carbocycles. The number of nitrogens with one attached hydrogen (secondary N) is 2. The molecule has 0 radical (unpaired) electrons. The Morgan fingerprint density at radius 2 is 1.88 bits per heavy atom. The summed E-state index contributed by atoms with van der Waals surface area (Å²) >= 11 is 0. The molecular weight excluding hydrogens is 428 g/mol. The Morgan fingerprint density at radius 3 is 2.70 bits per heavy atom. The van der Waals surface area contributed by atoms with E-state index in [0.717, 1.165) is 17.5 Å². The number of benzene rings is 3. The topological polar surface area (TPSA) is 74.4 Å². The van der Waals surface area contributed by atoms with E-state index in [0.29, 0.717) is 28.1 Å². The Hall–Kier alpha value is -4.20. The SMILES string of the molecule is CN1C(=O)[C@@H](NC(=O)c2cc3cccc(-c4ccc(F)c(F)c4)c3[nH]2)COc2ccccc21. The summed E-state index contributed by atoms with van der Waals surface area (Å²) in [4.78, 5) is 30.4. The Kier molecular flexibility index (Phi) is 5.05. The van der Waals surface area contributed by atoms with Crippen molar-refractivity contribution in [3.63, 3.8) is 0 Å². The molecule has 2 amide bonds. The number of hydrogen-bond acceptors (Lipinski definition) is 3. The molecule has 3 aromatic carbocycles. The minimum atomic E-state index is -0.953. The van der Waals surface area contributed by atoms with Crippen molar-refractivity contribution < 1.29 is 23.1 Å². The number of ether oxygens (including phenoxy) is 1. The lowest BCUT2D eigenvalue weighted by Crippen LogP contribution is -2.49. The average molecular weight is 447 g/mol. The third-order valence-electron chi connectivity index (χ3n) is 5.70. The lowest BCUT2D eigenvalue weighted by molar-refractivity contribution is -0.120. The van der Waals surface area contributed by atoms with E-state index < -0.39 is 23.6 Å². The van der Waals surface area contributed by atoms with Gasteiger partial charge in [-0.3, -0.25) is 9.59 Å². The molecule has 2 heterocycles. The standard InChI is InChI=1S/C25H19F2N3O3/c1-30-21-7-2-3-8-22(21)33-13-20(25(30)32)29-24(31)19-12-15-5-4-6-16(23(15)28-19)14-9-10-17(26)18(27)11-14/h2-12,20,28H,13H2,1H3,(H,29,31)/t20-/m0/s1. The van der Waals surface area contributed by atoms with Gasteiger partial charge in [-0.05, 0) is 35.9 Å². The molecule has 5 rings (SSSR count). The number of likely N-dealkylation sites (N-methyl/N-ethyl adjacent to an activating group) is 1. The highest BCUT2D eigenvalue weighted by Crippen LogP contribution is 2.31. The van der Waals surface area contributed by atoms with Gasteiger partial charge in [0.05, 0.1) is 11.2 Å². The highest BCUT2D eigenvalue weighted by Gasteiger charge is 2.31. The number of fused-ring (bicyclic) bond motifs is 2. The summed E-state index contributed by atoms with van der Waals surface area (Å²) in [6.07, 6.45) is 0. The van der Waals surface area contributed by atoms with Crippen LogP contribution in [-0.2, 0) is 4.79 Å². The summed E-state index contributed by atoms with van der Waals surface area (Å²) in [5, 5.41) is 3.45.